The Morgan fingerprint density at radius 2 is 2.00 bits per heavy atom. The van der Waals surface area contributed by atoms with Crippen LogP contribution >= 0.6 is 0 Å². The molecule has 0 amide bonds. The Hall–Kier alpha value is -0.860. The number of hydrogen-bond donors (Lipinski definition) is 1. The van der Waals surface area contributed by atoms with E-state index in [1.807, 2.05) is 31.2 Å². The molecule has 0 radical (unpaired) electrons. The summed E-state index contributed by atoms with van der Waals surface area (Å²) in [7, 11) is 0. The summed E-state index contributed by atoms with van der Waals surface area (Å²) in [4.78, 5) is 0. The Kier molecular flexibility index (Phi) is 3.31. The Morgan fingerprint density at radius 3 is 2.56 bits per heavy atom. The van der Waals surface area contributed by atoms with E-state index in [1.54, 1.807) is 0 Å². The van der Waals surface area contributed by atoms with Crippen LogP contribution in [0.4, 0.5) is 0 Å². The Morgan fingerprint density at radius 1 is 1.31 bits per heavy atom. The second kappa shape index (κ2) is 4.56. The molecule has 2 heteroatoms. The molecule has 0 bridgehead atoms. The largest absolute Gasteiger partial charge is 0.385 e. The maximum atomic E-state index is 10.6. The number of rotatable bonds is 2. The molecule has 16 heavy (non-hydrogen) atoms. The summed E-state index contributed by atoms with van der Waals surface area (Å²) >= 11 is 0. The molecular weight excluding hydrogens is 200 g/mol. The maximum absolute atomic E-state index is 10.6. The predicted octanol–water partition coefficient (Wildman–Crippen LogP) is 2.63. The van der Waals surface area contributed by atoms with E-state index in [-0.39, 0.29) is 5.92 Å². The first-order valence-electron chi connectivity index (χ1n) is 5.98. The number of benzene rings is 1. The van der Waals surface area contributed by atoms with Crippen LogP contribution in [-0.4, -0.2) is 18.3 Å². The minimum atomic E-state index is -0.770. The molecule has 1 N–H and O–H groups in total. The highest BCUT2D eigenvalue weighted by Gasteiger charge is 2.34. The van der Waals surface area contributed by atoms with Gasteiger partial charge in [-0.15, -0.1) is 0 Å². The average molecular weight is 220 g/mol. The van der Waals surface area contributed by atoms with E-state index >= 15 is 0 Å². The first-order valence-corrected chi connectivity index (χ1v) is 5.98. The standard InChI is InChI=1S/C14H20O2/c1-11-5-7-12(8-6-11)14(2,15)13-4-3-9-16-10-13/h5-8,13,15H,3-4,9-10H2,1-2H3. The van der Waals surface area contributed by atoms with Crippen molar-refractivity contribution in [3.05, 3.63) is 35.4 Å². The first kappa shape index (κ1) is 11.6. The van der Waals surface area contributed by atoms with E-state index in [1.165, 1.54) is 5.56 Å². The van der Waals surface area contributed by atoms with Crippen LogP contribution in [0.3, 0.4) is 0 Å². The third kappa shape index (κ3) is 2.28. The van der Waals surface area contributed by atoms with E-state index in [9.17, 15) is 5.11 Å². The van der Waals surface area contributed by atoms with Crippen LogP contribution in [0.2, 0.25) is 0 Å². The van der Waals surface area contributed by atoms with Crippen LogP contribution in [0.25, 0.3) is 0 Å². The second-order valence-electron chi connectivity index (χ2n) is 4.93. The molecule has 1 aliphatic rings. The van der Waals surface area contributed by atoms with Gasteiger partial charge in [-0.2, -0.15) is 0 Å². The van der Waals surface area contributed by atoms with Crippen molar-refractivity contribution in [3.8, 4) is 0 Å². The quantitative estimate of drug-likeness (QED) is 0.830. The van der Waals surface area contributed by atoms with Crippen LogP contribution in [0.15, 0.2) is 24.3 Å². The zero-order valence-corrected chi connectivity index (χ0v) is 10.1. The minimum Gasteiger partial charge on any atom is -0.385 e. The molecular formula is C14H20O2. The van der Waals surface area contributed by atoms with Crippen molar-refractivity contribution in [2.24, 2.45) is 5.92 Å². The van der Waals surface area contributed by atoms with Gasteiger partial charge in [0.15, 0.2) is 0 Å². The molecule has 1 saturated heterocycles. The summed E-state index contributed by atoms with van der Waals surface area (Å²) in [5.74, 6) is 0.212. The molecule has 0 aliphatic carbocycles. The van der Waals surface area contributed by atoms with Crippen molar-refractivity contribution in [3.63, 3.8) is 0 Å². The molecule has 2 unspecified atom stereocenters. The van der Waals surface area contributed by atoms with E-state index < -0.39 is 5.60 Å². The Balaban J connectivity index is 2.19. The third-order valence-electron chi connectivity index (χ3n) is 3.59. The van der Waals surface area contributed by atoms with E-state index in [2.05, 4.69) is 6.92 Å². The van der Waals surface area contributed by atoms with Crippen LogP contribution in [0.1, 0.15) is 30.9 Å². The SMILES string of the molecule is Cc1ccc(C(C)(O)C2CCCOC2)cc1. The second-order valence-corrected chi connectivity index (χ2v) is 4.93. The van der Waals surface area contributed by atoms with Gasteiger partial charge in [0, 0.05) is 12.5 Å². The molecule has 0 aromatic heterocycles. The maximum Gasteiger partial charge on any atom is 0.0918 e. The smallest absolute Gasteiger partial charge is 0.0918 e. The molecule has 88 valence electrons. The summed E-state index contributed by atoms with van der Waals surface area (Å²) in [6.45, 7) is 5.46. The monoisotopic (exact) mass is 220 g/mol. The minimum absolute atomic E-state index is 0.212. The van der Waals surface area contributed by atoms with Crippen molar-refractivity contribution < 1.29 is 9.84 Å². The lowest BCUT2D eigenvalue weighted by Gasteiger charge is -2.35. The normalized spacial score (nSPS) is 25.1. The Bertz CT molecular complexity index is 334. The molecule has 0 saturated carbocycles. The van der Waals surface area contributed by atoms with Gasteiger partial charge in [0.2, 0.25) is 0 Å². The highest BCUT2D eigenvalue weighted by Crippen LogP contribution is 2.34. The summed E-state index contributed by atoms with van der Waals surface area (Å²) in [6.07, 6.45) is 2.09. The zero-order chi connectivity index (χ0) is 11.6. The van der Waals surface area contributed by atoms with E-state index in [0.717, 1.165) is 25.0 Å². The van der Waals surface area contributed by atoms with E-state index in [4.69, 9.17) is 4.74 Å². The van der Waals surface area contributed by atoms with Gasteiger partial charge in [-0.25, -0.2) is 0 Å². The van der Waals surface area contributed by atoms with Gasteiger partial charge in [-0.3, -0.25) is 0 Å². The lowest BCUT2D eigenvalue weighted by atomic mass is 9.80. The van der Waals surface area contributed by atoms with Gasteiger partial charge in [0.25, 0.3) is 0 Å². The highest BCUT2D eigenvalue weighted by atomic mass is 16.5. The summed E-state index contributed by atoms with van der Waals surface area (Å²) in [5.41, 5.74) is 1.45. The third-order valence-corrected chi connectivity index (χ3v) is 3.59. The molecule has 2 atom stereocenters. The summed E-state index contributed by atoms with van der Waals surface area (Å²) < 4.78 is 5.45. The topological polar surface area (TPSA) is 29.5 Å². The van der Waals surface area contributed by atoms with Gasteiger partial charge in [-0.1, -0.05) is 29.8 Å². The summed E-state index contributed by atoms with van der Waals surface area (Å²) in [6, 6.07) is 8.13. The predicted molar refractivity (Wildman–Crippen MR) is 64.3 cm³/mol. The molecule has 1 heterocycles. The number of aliphatic hydroxyl groups is 1. The van der Waals surface area contributed by atoms with Gasteiger partial charge in [0.1, 0.15) is 0 Å². The van der Waals surface area contributed by atoms with Crippen LogP contribution in [-0.2, 0) is 10.3 Å². The van der Waals surface area contributed by atoms with Crippen molar-refractivity contribution in [1.29, 1.82) is 0 Å². The number of aryl methyl sites for hydroxylation is 1. The van der Waals surface area contributed by atoms with Gasteiger partial charge >= 0.3 is 0 Å². The van der Waals surface area contributed by atoms with Gasteiger partial charge < -0.3 is 9.84 Å². The molecule has 1 fully saturated rings. The average Bonchev–Trinajstić information content (AvgIpc) is 2.31. The number of ether oxygens (including phenoxy) is 1. The molecule has 2 nitrogen and oxygen atoms in total. The highest BCUT2D eigenvalue weighted by molar-refractivity contribution is 5.26. The lowest BCUT2D eigenvalue weighted by Crippen LogP contribution is -2.37. The Labute approximate surface area is 97.3 Å². The van der Waals surface area contributed by atoms with Crippen molar-refractivity contribution >= 4 is 0 Å². The molecule has 1 aromatic carbocycles. The zero-order valence-electron chi connectivity index (χ0n) is 10.1. The van der Waals surface area contributed by atoms with Gasteiger partial charge in [-0.05, 0) is 32.3 Å². The molecule has 1 aliphatic heterocycles. The molecule has 0 spiro atoms. The molecule has 2 rings (SSSR count). The fourth-order valence-electron chi connectivity index (χ4n) is 2.31. The van der Waals surface area contributed by atoms with Crippen molar-refractivity contribution in [2.75, 3.05) is 13.2 Å². The lowest BCUT2D eigenvalue weighted by molar-refractivity contribution is -0.0723. The fourth-order valence-corrected chi connectivity index (χ4v) is 2.31. The van der Waals surface area contributed by atoms with Crippen LogP contribution in [0, 0.1) is 12.8 Å². The fraction of sp³-hybridized carbons (Fsp3) is 0.571. The van der Waals surface area contributed by atoms with Crippen LogP contribution < -0.4 is 0 Å². The number of hydrogen-bond acceptors (Lipinski definition) is 2. The van der Waals surface area contributed by atoms with Crippen molar-refractivity contribution in [2.45, 2.75) is 32.3 Å². The van der Waals surface area contributed by atoms with Crippen molar-refractivity contribution in [1.82, 2.24) is 0 Å². The van der Waals surface area contributed by atoms with E-state index in [0.29, 0.717) is 6.61 Å². The van der Waals surface area contributed by atoms with Gasteiger partial charge in [0.05, 0.1) is 12.2 Å². The summed E-state index contributed by atoms with van der Waals surface area (Å²) in [5, 5.41) is 10.6. The van der Waals surface area contributed by atoms with Crippen LogP contribution in [0.5, 0.6) is 0 Å². The first-order chi connectivity index (χ1) is 7.60. The molecule has 1 aromatic rings.